The van der Waals surface area contributed by atoms with Crippen LogP contribution in [0.1, 0.15) is 24.8 Å². The van der Waals surface area contributed by atoms with Crippen molar-refractivity contribution in [1.82, 2.24) is 4.98 Å². The summed E-state index contributed by atoms with van der Waals surface area (Å²) in [6.45, 7) is 2.89. The Kier molecular flexibility index (Phi) is 3.37. The monoisotopic (exact) mass is 216 g/mol. The van der Waals surface area contributed by atoms with Gasteiger partial charge in [-0.15, -0.1) is 0 Å². The fourth-order valence-electron chi connectivity index (χ4n) is 1.76. The summed E-state index contributed by atoms with van der Waals surface area (Å²) in [6.07, 6.45) is 4.24. The molecule has 3 heteroatoms. The van der Waals surface area contributed by atoms with Gasteiger partial charge in [-0.05, 0) is 36.6 Å². The molecule has 16 heavy (non-hydrogen) atoms. The second kappa shape index (κ2) is 4.94. The van der Waals surface area contributed by atoms with E-state index in [1.54, 1.807) is 12.5 Å². The van der Waals surface area contributed by atoms with Crippen molar-refractivity contribution in [2.24, 2.45) is 5.73 Å². The van der Waals surface area contributed by atoms with Gasteiger partial charge in [-0.2, -0.15) is 0 Å². The van der Waals surface area contributed by atoms with Gasteiger partial charge in [0, 0.05) is 5.56 Å². The highest BCUT2D eigenvalue weighted by Crippen LogP contribution is 2.24. The predicted octanol–water partition coefficient (Wildman–Crippen LogP) is 2.79. The predicted molar refractivity (Wildman–Crippen MR) is 64.0 cm³/mol. The van der Waals surface area contributed by atoms with Crippen molar-refractivity contribution < 1.29 is 4.42 Å². The summed E-state index contributed by atoms with van der Waals surface area (Å²) in [4.78, 5) is 4.14. The number of hydrogen-bond acceptors (Lipinski definition) is 3. The number of aromatic nitrogens is 1. The van der Waals surface area contributed by atoms with Crippen molar-refractivity contribution in [2.75, 3.05) is 6.54 Å². The van der Waals surface area contributed by atoms with Crippen LogP contribution in [0.25, 0.3) is 11.5 Å². The Morgan fingerprint density at radius 1 is 1.44 bits per heavy atom. The lowest BCUT2D eigenvalue weighted by Crippen LogP contribution is -2.04. The van der Waals surface area contributed by atoms with Crippen LogP contribution in [0.3, 0.4) is 0 Å². The van der Waals surface area contributed by atoms with Crippen molar-refractivity contribution in [1.29, 1.82) is 0 Å². The van der Waals surface area contributed by atoms with Crippen molar-refractivity contribution in [3.8, 4) is 11.5 Å². The maximum atomic E-state index is 5.57. The third kappa shape index (κ3) is 2.31. The third-order valence-electron chi connectivity index (χ3n) is 2.73. The summed E-state index contributed by atoms with van der Waals surface area (Å²) in [5, 5.41) is 0. The van der Waals surface area contributed by atoms with Crippen molar-refractivity contribution in [3.63, 3.8) is 0 Å². The summed E-state index contributed by atoms with van der Waals surface area (Å²) in [5.74, 6) is 1.14. The van der Waals surface area contributed by atoms with Gasteiger partial charge in [-0.25, -0.2) is 4.98 Å². The molecular weight excluding hydrogens is 200 g/mol. The van der Waals surface area contributed by atoms with Gasteiger partial charge < -0.3 is 10.2 Å². The Morgan fingerprint density at radius 3 is 3.00 bits per heavy atom. The molecule has 1 unspecified atom stereocenters. The van der Waals surface area contributed by atoms with E-state index >= 15 is 0 Å². The highest BCUT2D eigenvalue weighted by atomic mass is 16.3. The smallest absolute Gasteiger partial charge is 0.225 e. The first-order chi connectivity index (χ1) is 7.81. The Labute approximate surface area is 95.3 Å². The fraction of sp³-hybridized carbons (Fsp3) is 0.308. The summed E-state index contributed by atoms with van der Waals surface area (Å²) in [7, 11) is 0. The summed E-state index contributed by atoms with van der Waals surface area (Å²) >= 11 is 0. The van der Waals surface area contributed by atoms with Gasteiger partial charge >= 0.3 is 0 Å². The van der Waals surface area contributed by atoms with Crippen LogP contribution in [0.2, 0.25) is 0 Å². The van der Waals surface area contributed by atoms with E-state index in [4.69, 9.17) is 10.2 Å². The Bertz CT molecular complexity index is 437. The van der Waals surface area contributed by atoms with Crippen LogP contribution < -0.4 is 5.73 Å². The van der Waals surface area contributed by atoms with Gasteiger partial charge in [0.05, 0.1) is 6.20 Å². The molecule has 2 rings (SSSR count). The standard InChI is InChI=1S/C13H16N2O/c1-10(5-6-14)11-3-2-4-12(9-11)13-15-7-8-16-13/h2-4,7-10H,5-6,14H2,1H3. The van der Waals surface area contributed by atoms with Crippen molar-refractivity contribution >= 4 is 0 Å². The molecule has 1 aromatic heterocycles. The SMILES string of the molecule is CC(CCN)c1cccc(-c2ncco2)c1. The molecule has 0 aliphatic carbocycles. The maximum absolute atomic E-state index is 5.57. The van der Waals surface area contributed by atoms with Crippen LogP contribution in [-0.4, -0.2) is 11.5 Å². The van der Waals surface area contributed by atoms with E-state index in [1.807, 2.05) is 12.1 Å². The van der Waals surface area contributed by atoms with Gasteiger partial charge in [-0.1, -0.05) is 19.1 Å². The first-order valence-electron chi connectivity index (χ1n) is 5.51. The molecule has 2 aromatic rings. The zero-order valence-corrected chi connectivity index (χ0v) is 9.39. The van der Waals surface area contributed by atoms with E-state index in [0.717, 1.165) is 12.0 Å². The molecule has 0 aliphatic heterocycles. The van der Waals surface area contributed by atoms with Crippen molar-refractivity contribution in [3.05, 3.63) is 42.3 Å². The molecule has 0 spiro atoms. The lowest BCUT2D eigenvalue weighted by Gasteiger charge is -2.10. The molecule has 0 amide bonds. The summed E-state index contributed by atoms with van der Waals surface area (Å²) in [5.41, 5.74) is 7.87. The van der Waals surface area contributed by atoms with Gasteiger partial charge in [0.15, 0.2) is 0 Å². The van der Waals surface area contributed by atoms with Gasteiger partial charge in [0.25, 0.3) is 0 Å². The topological polar surface area (TPSA) is 52.0 Å². The van der Waals surface area contributed by atoms with Crippen LogP contribution in [0.5, 0.6) is 0 Å². The highest BCUT2D eigenvalue weighted by Gasteiger charge is 2.07. The largest absolute Gasteiger partial charge is 0.445 e. The molecule has 0 bridgehead atoms. The minimum absolute atomic E-state index is 0.472. The van der Waals surface area contributed by atoms with Gasteiger partial charge in [0.1, 0.15) is 6.26 Å². The van der Waals surface area contributed by atoms with Gasteiger partial charge in [0.2, 0.25) is 5.89 Å². The first kappa shape index (κ1) is 10.9. The molecule has 0 aliphatic rings. The highest BCUT2D eigenvalue weighted by molar-refractivity contribution is 5.54. The third-order valence-corrected chi connectivity index (χ3v) is 2.73. The number of benzene rings is 1. The zero-order valence-electron chi connectivity index (χ0n) is 9.39. The lowest BCUT2D eigenvalue weighted by molar-refractivity contribution is 0.574. The normalized spacial score (nSPS) is 12.6. The molecule has 0 saturated heterocycles. The lowest BCUT2D eigenvalue weighted by atomic mass is 9.96. The first-order valence-corrected chi connectivity index (χ1v) is 5.51. The molecule has 1 heterocycles. The maximum Gasteiger partial charge on any atom is 0.225 e. The molecule has 0 radical (unpaired) electrons. The average molecular weight is 216 g/mol. The Balaban J connectivity index is 2.26. The van der Waals surface area contributed by atoms with Crippen LogP contribution >= 0.6 is 0 Å². The van der Waals surface area contributed by atoms with Crippen LogP contribution in [0, 0.1) is 0 Å². The number of nitrogens with zero attached hydrogens (tertiary/aromatic N) is 1. The Hall–Kier alpha value is -1.61. The average Bonchev–Trinajstić information content (AvgIpc) is 2.83. The minimum Gasteiger partial charge on any atom is -0.445 e. The van der Waals surface area contributed by atoms with Crippen molar-refractivity contribution in [2.45, 2.75) is 19.3 Å². The number of hydrogen-bond donors (Lipinski definition) is 1. The van der Waals surface area contributed by atoms with Gasteiger partial charge in [-0.3, -0.25) is 0 Å². The fourth-order valence-corrected chi connectivity index (χ4v) is 1.76. The van der Waals surface area contributed by atoms with Crippen LogP contribution in [-0.2, 0) is 0 Å². The molecule has 0 fully saturated rings. The van der Waals surface area contributed by atoms with E-state index < -0.39 is 0 Å². The molecule has 84 valence electrons. The quantitative estimate of drug-likeness (QED) is 0.855. The minimum atomic E-state index is 0.472. The summed E-state index contributed by atoms with van der Waals surface area (Å²) < 4.78 is 5.28. The van der Waals surface area contributed by atoms with E-state index in [1.165, 1.54) is 5.56 Å². The summed E-state index contributed by atoms with van der Waals surface area (Å²) in [6, 6.07) is 8.27. The number of rotatable bonds is 4. The van der Waals surface area contributed by atoms with Crippen LogP contribution in [0.15, 0.2) is 41.1 Å². The van der Waals surface area contributed by atoms with E-state index in [2.05, 4.69) is 24.0 Å². The molecule has 3 nitrogen and oxygen atoms in total. The molecule has 0 saturated carbocycles. The van der Waals surface area contributed by atoms with E-state index in [9.17, 15) is 0 Å². The van der Waals surface area contributed by atoms with E-state index in [-0.39, 0.29) is 0 Å². The van der Waals surface area contributed by atoms with E-state index in [0.29, 0.717) is 18.4 Å². The Morgan fingerprint density at radius 2 is 2.31 bits per heavy atom. The van der Waals surface area contributed by atoms with Crippen LogP contribution in [0.4, 0.5) is 0 Å². The molecule has 1 atom stereocenters. The molecule has 2 N–H and O–H groups in total. The number of oxazole rings is 1. The molecule has 1 aromatic carbocycles. The zero-order chi connectivity index (χ0) is 11.4. The molecular formula is C13H16N2O. The second-order valence-corrected chi connectivity index (χ2v) is 3.94. The number of nitrogens with two attached hydrogens (primary N) is 1. The second-order valence-electron chi connectivity index (χ2n) is 3.94.